The van der Waals surface area contributed by atoms with Crippen LogP contribution in [-0.2, 0) is 9.59 Å². The van der Waals surface area contributed by atoms with Crippen molar-refractivity contribution < 1.29 is 9.59 Å². The van der Waals surface area contributed by atoms with Gasteiger partial charge in [0.25, 0.3) is 0 Å². The molecule has 2 amide bonds. The van der Waals surface area contributed by atoms with Crippen molar-refractivity contribution in [2.75, 3.05) is 13.1 Å². The molecule has 0 spiro atoms. The van der Waals surface area contributed by atoms with Crippen molar-refractivity contribution in [3.05, 3.63) is 48.6 Å². The smallest absolute Gasteiger partial charge is 0.243 e. The molecule has 254 valence electrons. The number of carbonyl (C=O) groups excluding carboxylic acids is 2. The van der Waals surface area contributed by atoms with E-state index in [4.69, 9.17) is 5.73 Å². The summed E-state index contributed by atoms with van der Waals surface area (Å²) < 4.78 is 0. The quantitative estimate of drug-likeness (QED) is 0.0521. The van der Waals surface area contributed by atoms with Crippen molar-refractivity contribution >= 4 is 11.8 Å². The number of unbranched alkanes of at least 4 members (excludes halogenated alkanes) is 17. The summed E-state index contributed by atoms with van der Waals surface area (Å²) in [6, 6.07) is -0.634. The molecule has 0 radical (unpaired) electrons. The fourth-order valence-corrected chi connectivity index (χ4v) is 5.04. The average molecular weight is 614 g/mol. The standard InChI is InChI=1S/C39H71N3O2/c1-3-5-7-9-11-13-15-17-19-21-23-25-27-29-31-33-35-41-39(44)37(36-40)42-38(43)34-32-30-28-26-24-22-20-18-16-14-12-10-8-6-4-2/h11-14,17-20,37H,3-10,15-16,21-36,40H2,1-2H3,(H,41,44)(H,42,43). The second-order valence-electron chi connectivity index (χ2n) is 12.2. The topological polar surface area (TPSA) is 84.2 Å². The van der Waals surface area contributed by atoms with Crippen molar-refractivity contribution in [2.24, 2.45) is 5.73 Å². The third-order valence-corrected chi connectivity index (χ3v) is 7.92. The summed E-state index contributed by atoms with van der Waals surface area (Å²) in [5, 5.41) is 5.78. The molecule has 0 heterocycles. The highest BCUT2D eigenvalue weighted by molar-refractivity contribution is 5.87. The molecule has 0 aromatic heterocycles. The number of rotatable bonds is 32. The molecular formula is C39H71N3O2. The first-order valence-electron chi connectivity index (χ1n) is 18.5. The highest BCUT2D eigenvalue weighted by atomic mass is 16.2. The molecule has 1 atom stereocenters. The zero-order valence-corrected chi connectivity index (χ0v) is 29.0. The van der Waals surface area contributed by atoms with Gasteiger partial charge in [0.05, 0.1) is 0 Å². The lowest BCUT2D eigenvalue weighted by atomic mass is 10.1. The second-order valence-corrected chi connectivity index (χ2v) is 12.2. The molecule has 0 aromatic rings. The molecular weight excluding hydrogens is 542 g/mol. The van der Waals surface area contributed by atoms with E-state index in [0.717, 1.165) is 51.4 Å². The molecule has 0 aromatic carbocycles. The maximum Gasteiger partial charge on any atom is 0.243 e. The zero-order chi connectivity index (χ0) is 32.2. The minimum Gasteiger partial charge on any atom is -0.354 e. The molecule has 0 aliphatic carbocycles. The van der Waals surface area contributed by atoms with Crippen LogP contribution in [-0.4, -0.2) is 30.9 Å². The lowest BCUT2D eigenvalue weighted by Crippen LogP contribution is -2.50. The van der Waals surface area contributed by atoms with Crippen molar-refractivity contribution in [2.45, 2.75) is 174 Å². The molecule has 4 N–H and O–H groups in total. The Morgan fingerprint density at radius 2 is 0.955 bits per heavy atom. The van der Waals surface area contributed by atoms with Crippen LogP contribution in [0.15, 0.2) is 48.6 Å². The number of carbonyl (C=O) groups is 2. The third-order valence-electron chi connectivity index (χ3n) is 7.92. The number of hydrogen-bond donors (Lipinski definition) is 3. The average Bonchev–Trinajstić information content (AvgIpc) is 3.03. The Labute approximate surface area is 273 Å². The van der Waals surface area contributed by atoms with Gasteiger partial charge in [0.1, 0.15) is 6.04 Å². The zero-order valence-electron chi connectivity index (χ0n) is 29.0. The Bertz CT molecular complexity index is 756. The minimum atomic E-state index is -0.634. The third kappa shape index (κ3) is 31.3. The number of nitrogens with one attached hydrogen (secondary N) is 2. The normalized spacial score (nSPS) is 12.7. The highest BCUT2D eigenvalue weighted by Crippen LogP contribution is 2.09. The maximum atomic E-state index is 12.5. The molecule has 5 nitrogen and oxygen atoms in total. The lowest BCUT2D eigenvalue weighted by Gasteiger charge is -2.16. The number of amides is 2. The molecule has 1 unspecified atom stereocenters. The van der Waals surface area contributed by atoms with E-state index < -0.39 is 6.04 Å². The summed E-state index contributed by atoms with van der Waals surface area (Å²) in [6.45, 7) is 5.26. The summed E-state index contributed by atoms with van der Waals surface area (Å²) in [5.41, 5.74) is 5.78. The summed E-state index contributed by atoms with van der Waals surface area (Å²) in [4.78, 5) is 24.8. The van der Waals surface area contributed by atoms with Crippen molar-refractivity contribution in [3.8, 4) is 0 Å². The van der Waals surface area contributed by atoms with E-state index in [2.05, 4.69) is 73.1 Å². The van der Waals surface area contributed by atoms with Gasteiger partial charge >= 0.3 is 0 Å². The van der Waals surface area contributed by atoms with E-state index >= 15 is 0 Å². The second kappa shape index (κ2) is 35.3. The van der Waals surface area contributed by atoms with Crippen LogP contribution in [0.4, 0.5) is 0 Å². The predicted octanol–water partition coefficient (Wildman–Crippen LogP) is 10.2. The van der Waals surface area contributed by atoms with Crippen LogP contribution in [0, 0.1) is 0 Å². The SMILES string of the molecule is CCCCCC=CCC=CCCCCCCCCNC(=O)C(CN)NC(=O)CCCCCCCC=CCC=CCCCCC. The van der Waals surface area contributed by atoms with E-state index in [9.17, 15) is 9.59 Å². The van der Waals surface area contributed by atoms with Crippen LogP contribution >= 0.6 is 0 Å². The first-order valence-corrected chi connectivity index (χ1v) is 18.5. The lowest BCUT2D eigenvalue weighted by molar-refractivity contribution is -0.128. The molecule has 0 rings (SSSR count). The Hall–Kier alpha value is -2.14. The molecule has 0 aliphatic heterocycles. The number of nitrogens with two attached hydrogens (primary N) is 1. The van der Waals surface area contributed by atoms with Crippen LogP contribution in [0.1, 0.15) is 168 Å². The number of hydrogen-bond acceptors (Lipinski definition) is 3. The molecule has 0 saturated heterocycles. The number of allylic oxidation sites excluding steroid dienone is 8. The van der Waals surface area contributed by atoms with Crippen LogP contribution in [0.25, 0.3) is 0 Å². The molecule has 0 bridgehead atoms. The van der Waals surface area contributed by atoms with Crippen LogP contribution < -0.4 is 16.4 Å². The van der Waals surface area contributed by atoms with E-state index in [1.54, 1.807) is 0 Å². The van der Waals surface area contributed by atoms with Gasteiger partial charge in [-0.05, 0) is 77.0 Å². The highest BCUT2D eigenvalue weighted by Gasteiger charge is 2.18. The van der Waals surface area contributed by atoms with Gasteiger partial charge in [-0.3, -0.25) is 9.59 Å². The largest absolute Gasteiger partial charge is 0.354 e. The fourth-order valence-electron chi connectivity index (χ4n) is 5.04. The Morgan fingerprint density at radius 1 is 0.545 bits per heavy atom. The van der Waals surface area contributed by atoms with Gasteiger partial charge < -0.3 is 16.4 Å². The molecule has 0 aliphatic rings. The van der Waals surface area contributed by atoms with Gasteiger partial charge in [-0.25, -0.2) is 0 Å². The summed E-state index contributed by atoms with van der Waals surface area (Å²) in [7, 11) is 0. The monoisotopic (exact) mass is 614 g/mol. The summed E-state index contributed by atoms with van der Waals surface area (Å²) >= 11 is 0. The summed E-state index contributed by atoms with van der Waals surface area (Å²) in [6.07, 6.45) is 46.0. The van der Waals surface area contributed by atoms with Gasteiger partial charge in [-0.2, -0.15) is 0 Å². The van der Waals surface area contributed by atoms with Crippen molar-refractivity contribution in [1.82, 2.24) is 10.6 Å². The Morgan fingerprint density at radius 3 is 1.41 bits per heavy atom. The predicted molar refractivity (Wildman–Crippen MR) is 193 cm³/mol. The fraction of sp³-hybridized carbons (Fsp3) is 0.744. The Balaban J connectivity index is 3.64. The van der Waals surface area contributed by atoms with Crippen LogP contribution in [0.3, 0.4) is 0 Å². The van der Waals surface area contributed by atoms with Gasteiger partial charge in [0.2, 0.25) is 11.8 Å². The first kappa shape index (κ1) is 41.9. The Kier molecular flexibility index (Phi) is 33.6. The van der Waals surface area contributed by atoms with E-state index in [1.807, 2.05) is 0 Å². The van der Waals surface area contributed by atoms with E-state index in [0.29, 0.717) is 13.0 Å². The molecule has 0 fully saturated rings. The van der Waals surface area contributed by atoms with Gasteiger partial charge in [-0.1, -0.05) is 133 Å². The van der Waals surface area contributed by atoms with Gasteiger partial charge in [-0.15, -0.1) is 0 Å². The van der Waals surface area contributed by atoms with Crippen LogP contribution in [0.2, 0.25) is 0 Å². The van der Waals surface area contributed by atoms with E-state index in [-0.39, 0.29) is 18.4 Å². The van der Waals surface area contributed by atoms with Gasteiger partial charge in [0, 0.05) is 19.5 Å². The van der Waals surface area contributed by atoms with E-state index in [1.165, 1.54) is 96.3 Å². The molecule has 5 heteroatoms. The first-order chi connectivity index (χ1) is 21.7. The van der Waals surface area contributed by atoms with Gasteiger partial charge in [0.15, 0.2) is 0 Å². The van der Waals surface area contributed by atoms with Crippen molar-refractivity contribution in [3.63, 3.8) is 0 Å². The molecule has 0 saturated carbocycles. The van der Waals surface area contributed by atoms with Crippen molar-refractivity contribution in [1.29, 1.82) is 0 Å². The van der Waals surface area contributed by atoms with Crippen LogP contribution in [0.5, 0.6) is 0 Å². The summed E-state index contributed by atoms with van der Waals surface area (Å²) in [5.74, 6) is -0.238. The minimum absolute atomic E-state index is 0.0741. The molecule has 44 heavy (non-hydrogen) atoms. The maximum absolute atomic E-state index is 12.5.